The zero-order valence-electron chi connectivity index (χ0n) is 18.1. The molecule has 26 heavy (non-hydrogen) atoms. The van der Waals surface area contributed by atoms with E-state index < -0.39 is 16.4 Å². The van der Waals surface area contributed by atoms with Gasteiger partial charge in [0.1, 0.15) is 6.73 Å². The summed E-state index contributed by atoms with van der Waals surface area (Å²) < 4.78 is 15.2. The Morgan fingerprint density at radius 3 is 2.31 bits per heavy atom. The predicted molar refractivity (Wildman–Crippen MR) is 120 cm³/mol. The van der Waals surface area contributed by atoms with Gasteiger partial charge in [-0.3, -0.25) is 0 Å². The molecule has 0 aliphatic heterocycles. The Balaban J connectivity index is 2.38. The molecule has 0 fully saturated rings. The summed E-state index contributed by atoms with van der Waals surface area (Å²) in [7, 11) is -2.66. The van der Waals surface area contributed by atoms with E-state index in [0.717, 1.165) is 36.9 Å². The van der Waals surface area contributed by atoms with Crippen LogP contribution in [0.3, 0.4) is 0 Å². The van der Waals surface area contributed by atoms with Gasteiger partial charge in [0, 0.05) is 21.3 Å². The smallest absolute Gasteiger partial charge is 0.191 e. The zero-order valence-corrected chi connectivity index (χ0v) is 21.7. The van der Waals surface area contributed by atoms with E-state index in [2.05, 4.69) is 74.5 Å². The molecule has 1 aromatic rings. The van der Waals surface area contributed by atoms with Gasteiger partial charge in [-0.05, 0) is 59.4 Å². The summed E-state index contributed by atoms with van der Waals surface area (Å²) in [6, 6.07) is 1.19. The standard InChI is InChI=1S/C19H39BrN2O2Si2/c1-19(2,3)26(7,8)24-12-10-9-11-18-17(20)15-21-22(18)16-23-13-14-25(4,5)6/h15H,9-14,16H2,1-8H3. The molecule has 0 aliphatic rings. The summed E-state index contributed by atoms with van der Waals surface area (Å²) in [5, 5.41) is 4.73. The van der Waals surface area contributed by atoms with Gasteiger partial charge in [-0.1, -0.05) is 40.4 Å². The van der Waals surface area contributed by atoms with Crippen LogP contribution >= 0.6 is 15.9 Å². The van der Waals surface area contributed by atoms with E-state index in [1.54, 1.807) is 0 Å². The van der Waals surface area contributed by atoms with Crippen molar-refractivity contribution in [3.63, 3.8) is 0 Å². The van der Waals surface area contributed by atoms with E-state index in [9.17, 15) is 0 Å². The van der Waals surface area contributed by atoms with Gasteiger partial charge in [-0.2, -0.15) is 5.10 Å². The molecule has 0 unspecified atom stereocenters. The van der Waals surface area contributed by atoms with E-state index in [4.69, 9.17) is 9.16 Å². The predicted octanol–water partition coefficient (Wildman–Crippen LogP) is 6.30. The molecule has 0 N–H and O–H groups in total. The van der Waals surface area contributed by atoms with Crippen molar-refractivity contribution in [1.82, 2.24) is 9.78 Å². The first-order valence-electron chi connectivity index (χ1n) is 9.75. The molecule has 0 aromatic carbocycles. The molecular formula is C19H39BrN2O2Si2. The van der Waals surface area contributed by atoms with Crippen molar-refractivity contribution in [2.75, 3.05) is 13.2 Å². The average molecular weight is 464 g/mol. The van der Waals surface area contributed by atoms with Crippen LogP contribution in [0.5, 0.6) is 0 Å². The average Bonchev–Trinajstić information content (AvgIpc) is 2.82. The van der Waals surface area contributed by atoms with Crippen LogP contribution < -0.4 is 0 Å². The Morgan fingerprint density at radius 1 is 1.08 bits per heavy atom. The highest BCUT2D eigenvalue weighted by Gasteiger charge is 2.36. The second-order valence-electron chi connectivity index (χ2n) is 9.85. The lowest BCUT2D eigenvalue weighted by Crippen LogP contribution is -2.40. The first kappa shape index (κ1) is 24.1. The maximum absolute atomic E-state index is 6.27. The second kappa shape index (κ2) is 10.0. The minimum Gasteiger partial charge on any atom is -0.417 e. The fourth-order valence-corrected chi connectivity index (χ4v) is 4.55. The fourth-order valence-electron chi connectivity index (χ4n) is 2.22. The Morgan fingerprint density at radius 2 is 1.73 bits per heavy atom. The number of unbranched alkanes of at least 4 members (excludes halogenated alkanes) is 1. The third kappa shape index (κ3) is 8.38. The van der Waals surface area contributed by atoms with Crippen LogP contribution in [0.25, 0.3) is 0 Å². The monoisotopic (exact) mass is 462 g/mol. The van der Waals surface area contributed by atoms with Crippen molar-refractivity contribution in [3.05, 3.63) is 16.4 Å². The molecule has 0 saturated heterocycles. The van der Waals surface area contributed by atoms with E-state index in [1.165, 1.54) is 11.7 Å². The van der Waals surface area contributed by atoms with Crippen LogP contribution in [0.4, 0.5) is 0 Å². The molecule has 0 atom stereocenters. The lowest BCUT2D eigenvalue weighted by atomic mass is 10.2. The van der Waals surface area contributed by atoms with Crippen LogP contribution in [-0.2, 0) is 22.3 Å². The van der Waals surface area contributed by atoms with Gasteiger partial charge in [-0.15, -0.1) is 0 Å². The van der Waals surface area contributed by atoms with Gasteiger partial charge in [0.05, 0.1) is 16.4 Å². The molecule has 0 radical (unpaired) electrons. The normalized spacial score (nSPS) is 13.4. The summed E-state index contributed by atoms with van der Waals surface area (Å²) >= 11 is 3.63. The van der Waals surface area contributed by atoms with Crippen LogP contribution in [0, 0.1) is 0 Å². The molecule has 4 nitrogen and oxygen atoms in total. The van der Waals surface area contributed by atoms with Crippen molar-refractivity contribution < 1.29 is 9.16 Å². The molecule has 0 bridgehead atoms. The van der Waals surface area contributed by atoms with Crippen molar-refractivity contribution in [1.29, 1.82) is 0 Å². The number of halogens is 1. The van der Waals surface area contributed by atoms with E-state index >= 15 is 0 Å². The SMILES string of the molecule is CC(C)(C)[Si](C)(C)OCCCCc1c(Br)cnn1COCC[Si](C)(C)C. The molecule has 1 heterocycles. The summed E-state index contributed by atoms with van der Waals surface area (Å²) in [4.78, 5) is 0. The zero-order chi connectivity index (χ0) is 20.0. The second-order valence-corrected chi connectivity index (χ2v) is 21.1. The lowest BCUT2D eigenvalue weighted by Gasteiger charge is -2.36. The highest BCUT2D eigenvalue weighted by atomic mass is 79.9. The van der Waals surface area contributed by atoms with E-state index in [-0.39, 0.29) is 5.04 Å². The van der Waals surface area contributed by atoms with Gasteiger partial charge >= 0.3 is 0 Å². The van der Waals surface area contributed by atoms with E-state index in [0.29, 0.717) is 6.73 Å². The molecule has 1 rings (SSSR count). The molecular weight excluding hydrogens is 424 g/mol. The van der Waals surface area contributed by atoms with Gasteiger partial charge in [0.15, 0.2) is 8.32 Å². The minimum atomic E-state index is -1.62. The Labute approximate surface area is 171 Å². The maximum Gasteiger partial charge on any atom is 0.191 e. The van der Waals surface area contributed by atoms with Crippen LogP contribution in [0.1, 0.15) is 39.3 Å². The third-order valence-corrected chi connectivity index (χ3v) is 12.1. The quantitative estimate of drug-likeness (QED) is 0.285. The summed E-state index contributed by atoms with van der Waals surface area (Å²) in [6.45, 7) is 20.8. The summed E-state index contributed by atoms with van der Waals surface area (Å²) in [5.74, 6) is 0. The van der Waals surface area contributed by atoms with Crippen molar-refractivity contribution in [2.24, 2.45) is 0 Å². The number of aromatic nitrogens is 2. The molecule has 0 spiro atoms. The maximum atomic E-state index is 6.27. The summed E-state index contributed by atoms with van der Waals surface area (Å²) in [6.07, 6.45) is 5.07. The third-order valence-electron chi connectivity index (χ3n) is 5.18. The largest absolute Gasteiger partial charge is 0.417 e. The molecule has 152 valence electrons. The minimum absolute atomic E-state index is 0.280. The topological polar surface area (TPSA) is 36.3 Å². The van der Waals surface area contributed by atoms with Gasteiger partial charge < -0.3 is 9.16 Å². The molecule has 0 saturated carbocycles. The van der Waals surface area contributed by atoms with Gasteiger partial charge in [0.2, 0.25) is 0 Å². The molecule has 0 aliphatic carbocycles. The first-order valence-corrected chi connectivity index (χ1v) is 17.2. The van der Waals surface area contributed by atoms with Crippen LogP contribution in [0.15, 0.2) is 10.7 Å². The first-order chi connectivity index (χ1) is 11.8. The molecule has 7 heteroatoms. The van der Waals surface area contributed by atoms with Gasteiger partial charge in [0.25, 0.3) is 0 Å². The molecule has 0 amide bonds. The van der Waals surface area contributed by atoms with Crippen LogP contribution in [-0.4, -0.2) is 39.4 Å². The summed E-state index contributed by atoms with van der Waals surface area (Å²) in [5.41, 5.74) is 1.23. The highest BCUT2D eigenvalue weighted by Crippen LogP contribution is 2.36. The Kier molecular flexibility index (Phi) is 9.27. The number of nitrogens with zero attached hydrogens (tertiary/aromatic N) is 2. The fraction of sp³-hybridized carbons (Fsp3) is 0.842. The van der Waals surface area contributed by atoms with Crippen molar-refractivity contribution in [2.45, 2.75) is 90.6 Å². The van der Waals surface area contributed by atoms with Gasteiger partial charge in [-0.25, -0.2) is 4.68 Å². The van der Waals surface area contributed by atoms with Crippen LogP contribution in [0.2, 0.25) is 43.8 Å². The lowest BCUT2D eigenvalue weighted by molar-refractivity contribution is 0.0763. The number of hydrogen-bond acceptors (Lipinski definition) is 3. The number of rotatable bonds is 11. The number of hydrogen-bond donors (Lipinski definition) is 0. The van der Waals surface area contributed by atoms with Crippen molar-refractivity contribution in [3.8, 4) is 0 Å². The van der Waals surface area contributed by atoms with E-state index in [1.807, 2.05) is 10.9 Å². The number of ether oxygens (including phenoxy) is 1. The Hall–Kier alpha value is 0.0438. The molecule has 1 aromatic heterocycles. The Bertz CT molecular complexity index is 549. The highest BCUT2D eigenvalue weighted by molar-refractivity contribution is 9.10. The van der Waals surface area contributed by atoms with Crippen molar-refractivity contribution >= 4 is 32.3 Å².